The van der Waals surface area contributed by atoms with Crippen LogP contribution in [0, 0.1) is 18.7 Å². The van der Waals surface area contributed by atoms with E-state index in [0.717, 1.165) is 6.42 Å². The Balaban J connectivity index is 1.83. The van der Waals surface area contributed by atoms with Crippen molar-refractivity contribution in [3.8, 4) is 0 Å². The Bertz CT molecular complexity index is 738. The lowest BCUT2D eigenvalue weighted by atomic mass is 9.83. The maximum atomic E-state index is 13.8. The lowest BCUT2D eigenvalue weighted by Crippen LogP contribution is -2.41. The van der Waals surface area contributed by atoms with Crippen LogP contribution >= 0.6 is 0 Å². The Morgan fingerprint density at radius 2 is 2.08 bits per heavy atom. The molecule has 0 saturated heterocycles. The molecule has 1 aliphatic carbocycles. The minimum atomic E-state index is -0.351. The molecule has 0 aliphatic heterocycles. The van der Waals surface area contributed by atoms with Crippen LogP contribution < -0.4 is 5.32 Å². The summed E-state index contributed by atoms with van der Waals surface area (Å²) in [7, 11) is 0. The van der Waals surface area contributed by atoms with E-state index in [9.17, 15) is 9.18 Å². The van der Waals surface area contributed by atoms with E-state index in [4.69, 9.17) is 0 Å². The minimum absolute atomic E-state index is 0.0939. The van der Waals surface area contributed by atoms with Crippen molar-refractivity contribution < 1.29 is 9.18 Å². The number of carbonyl (C=O) groups is 1. The summed E-state index contributed by atoms with van der Waals surface area (Å²) < 4.78 is 13.8. The summed E-state index contributed by atoms with van der Waals surface area (Å²) >= 11 is 0. The summed E-state index contributed by atoms with van der Waals surface area (Å²) in [6.45, 7) is 3.89. The van der Waals surface area contributed by atoms with E-state index in [0.29, 0.717) is 28.1 Å². The lowest BCUT2D eigenvalue weighted by molar-refractivity contribution is 0.0910. The fraction of sp³-hybridized carbons (Fsp3) is 0.500. The summed E-state index contributed by atoms with van der Waals surface area (Å²) in [5.41, 5.74) is 1.44. The second kappa shape index (κ2) is 7.29. The Morgan fingerprint density at radius 3 is 2.79 bits per heavy atom. The number of halogens is 1. The molecule has 1 N–H and O–H groups in total. The summed E-state index contributed by atoms with van der Waals surface area (Å²) in [5.74, 6) is 0.124. The molecular weight excluding hydrogens is 303 g/mol. The molecule has 1 aliphatic rings. The van der Waals surface area contributed by atoms with Crippen LogP contribution in [0.3, 0.4) is 0 Å². The monoisotopic (exact) mass is 328 g/mol. The molecule has 0 radical (unpaired) electrons. The Labute approximate surface area is 142 Å². The molecule has 24 heavy (non-hydrogen) atoms. The number of nitrogens with one attached hydrogen (secondary N) is 1. The zero-order chi connectivity index (χ0) is 17.1. The third-order valence-corrected chi connectivity index (χ3v) is 5.21. The van der Waals surface area contributed by atoms with Crippen molar-refractivity contribution in [2.45, 2.75) is 58.4 Å². The van der Waals surface area contributed by atoms with E-state index in [1.54, 1.807) is 25.1 Å². The second-order valence-corrected chi connectivity index (χ2v) is 6.82. The molecule has 1 unspecified atom stereocenters. The van der Waals surface area contributed by atoms with Crippen LogP contribution in [-0.2, 0) is 0 Å². The van der Waals surface area contributed by atoms with Gasteiger partial charge in [-0.25, -0.2) is 9.37 Å². The summed E-state index contributed by atoms with van der Waals surface area (Å²) in [6, 6.07) is 6.79. The average Bonchev–Trinajstić information content (AvgIpc) is 2.60. The van der Waals surface area contributed by atoms with E-state index < -0.39 is 0 Å². The molecular formula is C20H25FN2O. The van der Waals surface area contributed by atoms with Gasteiger partial charge in [0.2, 0.25) is 0 Å². The molecule has 2 aromatic rings. The first-order valence-corrected chi connectivity index (χ1v) is 8.97. The zero-order valence-electron chi connectivity index (χ0n) is 14.4. The first-order valence-electron chi connectivity index (χ1n) is 8.97. The van der Waals surface area contributed by atoms with Crippen molar-refractivity contribution >= 4 is 16.8 Å². The predicted molar refractivity (Wildman–Crippen MR) is 94.6 cm³/mol. The van der Waals surface area contributed by atoms with Crippen LogP contribution in [0.1, 0.15) is 61.5 Å². The van der Waals surface area contributed by atoms with Gasteiger partial charge >= 0.3 is 0 Å². The van der Waals surface area contributed by atoms with Gasteiger partial charge in [0.25, 0.3) is 5.91 Å². The highest BCUT2D eigenvalue weighted by atomic mass is 19.1. The van der Waals surface area contributed by atoms with Crippen LogP contribution in [0.4, 0.5) is 4.39 Å². The van der Waals surface area contributed by atoms with Gasteiger partial charge in [-0.15, -0.1) is 0 Å². The van der Waals surface area contributed by atoms with Crippen molar-refractivity contribution in [2.75, 3.05) is 0 Å². The number of aromatic nitrogens is 1. The SMILES string of the molecule is CCC(NC(=O)c1cc2cccc(F)c2nc1C)C1CCCCC1. The predicted octanol–water partition coefficient (Wildman–Crippen LogP) is 4.77. The fourth-order valence-electron chi connectivity index (χ4n) is 3.82. The topological polar surface area (TPSA) is 42.0 Å². The van der Waals surface area contributed by atoms with Crippen molar-refractivity contribution in [1.82, 2.24) is 10.3 Å². The van der Waals surface area contributed by atoms with Crippen LogP contribution in [0.15, 0.2) is 24.3 Å². The van der Waals surface area contributed by atoms with E-state index in [-0.39, 0.29) is 17.8 Å². The molecule has 128 valence electrons. The lowest BCUT2D eigenvalue weighted by Gasteiger charge is -2.30. The maximum Gasteiger partial charge on any atom is 0.253 e. The molecule has 1 aromatic heterocycles. The minimum Gasteiger partial charge on any atom is -0.349 e. The molecule has 3 nitrogen and oxygen atoms in total. The number of hydrogen-bond acceptors (Lipinski definition) is 2. The number of fused-ring (bicyclic) bond motifs is 1. The Hall–Kier alpha value is -1.97. The highest BCUT2D eigenvalue weighted by Crippen LogP contribution is 2.28. The van der Waals surface area contributed by atoms with Crippen LogP contribution in [0.2, 0.25) is 0 Å². The second-order valence-electron chi connectivity index (χ2n) is 6.82. The van der Waals surface area contributed by atoms with Crippen LogP contribution in [-0.4, -0.2) is 16.9 Å². The van der Waals surface area contributed by atoms with Crippen molar-refractivity contribution in [3.05, 3.63) is 41.3 Å². The Morgan fingerprint density at radius 1 is 1.33 bits per heavy atom. The number of rotatable bonds is 4. The highest BCUT2D eigenvalue weighted by Gasteiger charge is 2.25. The molecule has 1 saturated carbocycles. The molecule has 3 rings (SSSR count). The van der Waals surface area contributed by atoms with Crippen molar-refractivity contribution in [2.24, 2.45) is 5.92 Å². The molecule has 0 spiro atoms. The van der Waals surface area contributed by atoms with Gasteiger partial charge in [0.05, 0.1) is 11.3 Å². The van der Waals surface area contributed by atoms with E-state index in [2.05, 4.69) is 17.2 Å². The van der Waals surface area contributed by atoms with Crippen LogP contribution in [0.5, 0.6) is 0 Å². The Kier molecular flexibility index (Phi) is 5.12. The van der Waals surface area contributed by atoms with Gasteiger partial charge in [0.15, 0.2) is 0 Å². The molecule has 1 heterocycles. The van der Waals surface area contributed by atoms with E-state index >= 15 is 0 Å². The maximum absolute atomic E-state index is 13.8. The van der Waals surface area contributed by atoms with Gasteiger partial charge in [0, 0.05) is 11.4 Å². The highest BCUT2D eigenvalue weighted by molar-refractivity contribution is 5.98. The average molecular weight is 328 g/mol. The smallest absolute Gasteiger partial charge is 0.253 e. The fourth-order valence-corrected chi connectivity index (χ4v) is 3.82. The van der Waals surface area contributed by atoms with Gasteiger partial charge in [-0.05, 0) is 44.2 Å². The van der Waals surface area contributed by atoms with Crippen LogP contribution in [0.25, 0.3) is 10.9 Å². The molecule has 0 bridgehead atoms. The number of para-hydroxylation sites is 1. The largest absolute Gasteiger partial charge is 0.349 e. The van der Waals surface area contributed by atoms with E-state index in [1.807, 2.05) is 0 Å². The van der Waals surface area contributed by atoms with E-state index in [1.165, 1.54) is 38.2 Å². The normalized spacial score (nSPS) is 17.0. The quantitative estimate of drug-likeness (QED) is 0.878. The standard InChI is InChI=1S/C20H25FN2O/c1-3-18(14-8-5-4-6-9-14)23-20(24)16-12-15-10-7-11-17(21)19(15)22-13(16)2/h7,10-12,14,18H,3-6,8-9H2,1-2H3,(H,23,24). The number of carbonyl (C=O) groups excluding carboxylic acids is 1. The molecule has 4 heteroatoms. The third-order valence-electron chi connectivity index (χ3n) is 5.21. The summed E-state index contributed by atoms with van der Waals surface area (Å²) in [5, 5.41) is 3.86. The number of aryl methyl sites for hydroxylation is 1. The summed E-state index contributed by atoms with van der Waals surface area (Å²) in [6.07, 6.45) is 7.14. The molecule has 1 aromatic carbocycles. The molecule has 1 fully saturated rings. The zero-order valence-corrected chi connectivity index (χ0v) is 14.4. The number of benzene rings is 1. The van der Waals surface area contributed by atoms with Gasteiger partial charge in [0.1, 0.15) is 11.3 Å². The number of pyridine rings is 1. The first-order chi connectivity index (χ1) is 11.6. The number of hydrogen-bond donors (Lipinski definition) is 1. The number of amides is 1. The van der Waals surface area contributed by atoms with Crippen molar-refractivity contribution in [1.29, 1.82) is 0 Å². The first kappa shape index (κ1) is 16.9. The third kappa shape index (κ3) is 3.42. The van der Waals surface area contributed by atoms with Gasteiger partial charge < -0.3 is 5.32 Å². The summed E-state index contributed by atoms with van der Waals surface area (Å²) in [4.78, 5) is 17.1. The van der Waals surface area contributed by atoms with Gasteiger partial charge in [-0.1, -0.05) is 38.3 Å². The van der Waals surface area contributed by atoms with Crippen molar-refractivity contribution in [3.63, 3.8) is 0 Å². The number of nitrogens with zero attached hydrogens (tertiary/aromatic N) is 1. The van der Waals surface area contributed by atoms with Gasteiger partial charge in [-0.3, -0.25) is 4.79 Å². The molecule has 1 atom stereocenters. The molecule has 1 amide bonds. The van der Waals surface area contributed by atoms with Gasteiger partial charge in [-0.2, -0.15) is 0 Å².